The van der Waals surface area contributed by atoms with Crippen molar-refractivity contribution in [3.05, 3.63) is 24.0 Å². The lowest BCUT2D eigenvalue weighted by Crippen LogP contribution is -2.33. The number of aromatic nitrogens is 1. The second kappa shape index (κ2) is 10.2. The summed E-state index contributed by atoms with van der Waals surface area (Å²) in [4.78, 5) is 20.8. The van der Waals surface area contributed by atoms with E-state index >= 15 is 0 Å². The van der Waals surface area contributed by atoms with Gasteiger partial charge in [-0.05, 0) is 52.0 Å². The van der Waals surface area contributed by atoms with Gasteiger partial charge in [-0.3, -0.25) is 9.78 Å². The zero-order valence-corrected chi connectivity index (χ0v) is 14.4. The number of pyridine rings is 1. The van der Waals surface area contributed by atoms with Gasteiger partial charge < -0.3 is 15.1 Å². The lowest BCUT2D eigenvalue weighted by molar-refractivity contribution is 0.0749. The van der Waals surface area contributed by atoms with Crippen LogP contribution in [-0.4, -0.2) is 61.0 Å². The van der Waals surface area contributed by atoms with E-state index in [9.17, 15) is 4.79 Å². The molecule has 0 aliphatic carbocycles. The van der Waals surface area contributed by atoms with E-state index in [-0.39, 0.29) is 5.91 Å². The normalized spacial score (nSPS) is 10.8. The van der Waals surface area contributed by atoms with E-state index in [1.807, 2.05) is 17.0 Å². The first-order valence-corrected chi connectivity index (χ1v) is 8.22. The van der Waals surface area contributed by atoms with Gasteiger partial charge >= 0.3 is 0 Å². The van der Waals surface area contributed by atoms with Crippen LogP contribution in [0.4, 0.5) is 5.69 Å². The van der Waals surface area contributed by atoms with Crippen LogP contribution in [0.1, 0.15) is 43.6 Å². The van der Waals surface area contributed by atoms with Crippen LogP contribution in [0.25, 0.3) is 0 Å². The van der Waals surface area contributed by atoms with Gasteiger partial charge in [-0.1, -0.05) is 13.8 Å². The molecule has 1 aromatic heterocycles. The van der Waals surface area contributed by atoms with Crippen LogP contribution in [0.3, 0.4) is 0 Å². The van der Waals surface area contributed by atoms with Crippen molar-refractivity contribution in [2.45, 2.75) is 33.1 Å². The quantitative estimate of drug-likeness (QED) is 0.675. The highest BCUT2D eigenvalue weighted by Crippen LogP contribution is 2.11. The van der Waals surface area contributed by atoms with E-state index in [0.29, 0.717) is 5.69 Å². The van der Waals surface area contributed by atoms with Crippen LogP contribution in [0.2, 0.25) is 0 Å². The van der Waals surface area contributed by atoms with Gasteiger partial charge in [-0.15, -0.1) is 0 Å². The van der Waals surface area contributed by atoms with E-state index < -0.39 is 0 Å². The van der Waals surface area contributed by atoms with Crippen LogP contribution in [0.5, 0.6) is 0 Å². The Balaban J connectivity index is 2.63. The van der Waals surface area contributed by atoms with Crippen molar-refractivity contribution in [1.82, 2.24) is 14.8 Å². The van der Waals surface area contributed by atoms with Crippen LogP contribution >= 0.6 is 0 Å². The van der Waals surface area contributed by atoms with E-state index in [4.69, 9.17) is 0 Å². The van der Waals surface area contributed by atoms with Gasteiger partial charge in [0.1, 0.15) is 5.69 Å². The third-order valence-corrected chi connectivity index (χ3v) is 3.36. The molecule has 0 radical (unpaired) electrons. The molecule has 1 heterocycles. The Bertz CT molecular complexity index is 442. The van der Waals surface area contributed by atoms with E-state index in [0.717, 1.165) is 51.1 Å². The maximum Gasteiger partial charge on any atom is 0.272 e. The van der Waals surface area contributed by atoms with E-state index in [1.165, 1.54) is 0 Å². The fourth-order valence-electron chi connectivity index (χ4n) is 2.30. The van der Waals surface area contributed by atoms with Crippen molar-refractivity contribution >= 4 is 11.6 Å². The van der Waals surface area contributed by atoms with Gasteiger partial charge in [0.15, 0.2) is 0 Å². The minimum atomic E-state index is 0.0284. The number of carbonyl (C=O) groups excluding carboxylic acids is 1. The molecule has 5 nitrogen and oxygen atoms in total. The van der Waals surface area contributed by atoms with Gasteiger partial charge in [0, 0.05) is 31.5 Å². The Morgan fingerprint density at radius 2 is 1.86 bits per heavy atom. The maximum absolute atomic E-state index is 12.5. The molecular weight excluding hydrogens is 276 g/mol. The molecule has 1 amide bonds. The third-order valence-electron chi connectivity index (χ3n) is 3.36. The molecule has 0 aliphatic heterocycles. The van der Waals surface area contributed by atoms with Crippen molar-refractivity contribution in [3.8, 4) is 0 Å². The molecule has 0 aliphatic rings. The van der Waals surface area contributed by atoms with E-state index in [2.05, 4.69) is 43.1 Å². The predicted molar refractivity (Wildman–Crippen MR) is 92.4 cm³/mol. The monoisotopic (exact) mass is 306 g/mol. The zero-order valence-electron chi connectivity index (χ0n) is 14.4. The standard InChI is InChI=1S/C17H30N4O/c1-5-11-21(12-6-2)17(22)16-14-15(8-10-19-16)18-9-7-13-20(3)4/h8,10,14H,5-7,9,11-13H2,1-4H3,(H,18,19). The van der Waals surface area contributed by atoms with Crippen LogP contribution < -0.4 is 5.32 Å². The van der Waals surface area contributed by atoms with E-state index in [1.54, 1.807) is 6.20 Å². The molecule has 0 bridgehead atoms. The molecule has 1 N–H and O–H groups in total. The fraction of sp³-hybridized carbons (Fsp3) is 0.647. The molecule has 5 heteroatoms. The summed E-state index contributed by atoms with van der Waals surface area (Å²) in [6, 6.07) is 3.77. The van der Waals surface area contributed by atoms with Gasteiger partial charge in [0.05, 0.1) is 0 Å². The lowest BCUT2D eigenvalue weighted by atomic mass is 10.2. The first-order chi connectivity index (χ1) is 10.6. The topological polar surface area (TPSA) is 48.5 Å². The largest absolute Gasteiger partial charge is 0.385 e. The highest BCUT2D eigenvalue weighted by atomic mass is 16.2. The fourth-order valence-corrected chi connectivity index (χ4v) is 2.30. The first kappa shape index (κ1) is 18.4. The number of hydrogen-bond donors (Lipinski definition) is 1. The van der Waals surface area contributed by atoms with Crippen molar-refractivity contribution in [2.24, 2.45) is 0 Å². The minimum absolute atomic E-state index is 0.0284. The first-order valence-electron chi connectivity index (χ1n) is 8.22. The Hall–Kier alpha value is -1.62. The lowest BCUT2D eigenvalue weighted by Gasteiger charge is -2.21. The predicted octanol–water partition coefficient (Wildman–Crippen LogP) is 2.71. The molecule has 0 spiro atoms. The molecule has 0 unspecified atom stereocenters. The molecule has 0 saturated carbocycles. The molecule has 0 saturated heterocycles. The number of nitrogens with zero attached hydrogens (tertiary/aromatic N) is 3. The Labute approximate surface area is 134 Å². The van der Waals surface area contributed by atoms with Gasteiger partial charge in [0.25, 0.3) is 5.91 Å². The SMILES string of the molecule is CCCN(CCC)C(=O)c1cc(NCCCN(C)C)ccn1. The number of rotatable bonds is 10. The average Bonchev–Trinajstić information content (AvgIpc) is 2.51. The van der Waals surface area contributed by atoms with Gasteiger partial charge in [-0.2, -0.15) is 0 Å². The molecule has 1 aromatic rings. The summed E-state index contributed by atoms with van der Waals surface area (Å²) in [7, 11) is 4.14. The smallest absolute Gasteiger partial charge is 0.272 e. The highest BCUT2D eigenvalue weighted by Gasteiger charge is 2.15. The van der Waals surface area contributed by atoms with Crippen molar-refractivity contribution in [2.75, 3.05) is 45.6 Å². The molecule has 1 rings (SSSR count). The summed E-state index contributed by atoms with van der Waals surface area (Å²) in [6.45, 7) is 7.69. The summed E-state index contributed by atoms with van der Waals surface area (Å²) >= 11 is 0. The second-order valence-electron chi connectivity index (χ2n) is 5.81. The van der Waals surface area contributed by atoms with Crippen molar-refractivity contribution < 1.29 is 4.79 Å². The second-order valence-corrected chi connectivity index (χ2v) is 5.81. The van der Waals surface area contributed by atoms with Crippen molar-refractivity contribution in [3.63, 3.8) is 0 Å². The summed E-state index contributed by atoms with van der Waals surface area (Å²) in [5, 5.41) is 3.36. The van der Waals surface area contributed by atoms with Crippen LogP contribution in [0.15, 0.2) is 18.3 Å². The van der Waals surface area contributed by atoms with Gasteiger partial charge in [0.2, 0.25) is 0 Å². The Kier molecular flexibility index (Phi) is 8.51. The Morgan fingerprint density at radius 3 is 2.45 bits per heavy atom. The molecule has 0 atom stereocenters. The number of anilines is 1. The zero-order chi connectivity index (χ0) is 16.4. The third kappa shape index (κ3) is 6.43. The number of hydrogen-bond acceptors (Lipinski definition) is 4. The summed E-state index contributed by atoms with van der Waals surface area (Å²) in [6.07, 6.45) is 4.70. The number of carbonyl (C=O) groups is 1. The summed E-state index contributed by atoms with van der Waals surface area (Å²) in [5.41, 5.74) is 1.49. The molecule has 22 heavy (non-hydrogen) atoms. The molecule has 0 aromatic carbocycles. The Morgan fingerprint density at radius 1 is 1.18 bits per heavy atom. The average molecular weight is 306 g/mol. The number of nitrogens with one attached hydrogen (secondary N) is 1. The van der Waals surface area contributed by atoms with Crippen LogP contribution in [-0.2, 0) is 0 Å². The maximum atomic E-state index is 12.5. The minimum Gasteiger partial charge on any atom is -0.385 e. The van der Waals surface area contributed by atoms with Gasteiger partial charge in [-0.25, -0.2) is 0 Å². The molecule has 124 valence electrons. The summed E-state index contributed by atoms with van der Waals surface area (Å²) < 4.78 is 0. The van der Waals surface area contributed by atoms with Crippen LogP contribution in [0, 0.1) is 0 Å². The summed E-state index contributed by atoms with van der Waals surface area (Å²) in [5.74, 6) is 0.0284. The van der Waals surface area contributed by atoms with Crippen molar-refractivity contribution in [1.29, 1.82) is 0 Å². The highest BCUT2D eigenvalue weighted by molar-refractivity contribution is 5.93. The molecule has 0 fully saturated rings. The number of amides is 1. The molecular formula is C17H30N4O.